The monoisotopic (exact) mass is 246 g/mol. The molecule has 0 bridgehead atoms. The molecule has 2 unspecified atom stereocenters. The molecule has 2 rings (SSSR count). The molecule has 1 saturated heterocycles. The molecule has 2 heteroatoms. The first-order valence-corrected chi connectivity index (χ1v) is 6.95. The van der Waals surface area contributed by atoms with Crippen molar-refractivity contribution in [3.63, 3.8) is 0 Å². The molecule has 1 aliphatic heterocycles. The van der Waals surface area contributed by atoms with Crippen LogP contribution in [-0.4, -0.2) is 18.5 Å². The Bertz CT molecular complexity index is 437. The number of hydrogen-bond acceptors (Lipinski definition) is 2. The van der Waals surface area contributed by atoms with Gasteiger partial charge in [0.2, 0.25) is 0 Å². The number of carbonyl (C=O) groups is 1. The minimum atomic E-state index is 0.0439. The Morgan fingerprint density at radius 1 is 1.33 bits per heavy atom. The molecular formula is C16H22O2. The van der Waals surface area contributed by atoms with Gasteiger partial charge in [-0.2, -0.15) is 0 Å². The van der Waals surface area contributed by atoms with E-state index in [0.717, 1.165) is 30.4 Å². The second-order valence-corrected chi connectivity index (χ2v) is 5.03. The number of benzene rings is 1. The largest absolute Gasteiger partial charge is 0.378 e. The van der Waals surface area contributed by atoms with Crippen LogP contribution in [0.5, 0.6) is 0 Å². The summed E-state index contributed by atoms with van der Waals surface area (Å²) in [5.74, 6) is 0.314. The highest BCUT2D eigenvalue weighted by Crippen LogP contribution is 2.27. The Hall–Kier alpha value is -1.15. The summed E-state index contributed by atoms with van der Waals surface area (Å²) in [4.78, 5) is 12.6. The lowest BCUT2D eigenvalue weighted by Crippen LogP contribution is -2.23. The van der Waals surface area contributed by atoms with Gasteiger partial charge in [-0.05, 0) is 43.4 Å². The Labute approximate surface area is 109 Å². The van der Waals surface area contributed by atoms with Crippen LogP contribution >= 0.6 is 0 Å². The van der Waals surface area contributed by atoms with Crippen LogP contribution < -0.4 is 0 Å². The highest BCUT2D eigenvalue weighted by molar-refractivity contribution is 5.99. The highest BCUT2D eigenvalue weighted by atomic mass is 16.5. The lowest BCUT2D eigenvalue weighted by atomic mass is 9.88. The molecule has 0 aliphatic carbocycles. The van der Waals surface area contributed by atoms with Crippen LogP contribution in [0.2, 0.25) is 0 Å². The summed E-state index contributed by atoms with van der Waals surface area (Å²) in [5, 5.41) is 0. The topological polar surface area (TPSA) is 26.3 Å². The van der Waals surface area contributed by atoms with E-state index in [1.165, 1.54) is 5.56 Å². The zero-order valence-corrected chi connectivity index (χ0v) is 11.5. The minimum absolute atomic E-state index is 0.0439. The maximum absolute atomic E-state index is 12.6. The molecule has 0 radical (unpaired) electrons. The van der Waals surface area contributed by atoms with Crippen molar-refractivity contribution in [3.05, 3.63) is 34.9 Å². The SMILES string of the molecule is CCc1ccc(CC)c(C(=O)C2CCOC2C)c1. The van der Waals surface area contributed by atoms with Crippen molar-refractivity contribution in [2.45, 2.75) is 46.1 Å². The van der Waals surface area contributed by atoms with E-state index in [-0.39, 0.29) is 17.8 Å². The van der Waals surface area contributed by atoms with Crippen molar-refractivity contribution >= 4 is 5.78 Å². The number of ether oxygens (including phenoxy) is 1. The molecule has 2 nitrogen and oxygen atoms in total. The molecular weight excluding hydrogens is 224 g/mol. The van der Waals surface area contributed by atoms with E-state index in [1.807, 2.05) is 6.92 Å². The van der Waals surface area contributed by atoms with Crippen molar-refractivity contribution in [1.82, 2.24) is 0 Å². The van der Waals surface area contributed by atoms with Crippen LogP contribution in [0.15, 0.2) is 18.2 Å². The summed E-state index contributed by atoms with van der Waals surface area (Å²) in [6.07, 6.45) is 2.81. The molecule has 1 aromatic carbocycles. The van der Waals surface area contributed by atoms with Gasteiger partial charge >= 0.3 is 0 Å². The number of carbonyl (C=O) groups excluding carboxylic acids is 1. The fourth-order valence-electron chi connectivity index (χ4n) is 2.66. The summed E-state index contributed by atoms with van der Waals surface area (Å²) in [6.45, 7) is 6.94. The van der Waals surface area contributed by atoms with Gasteiger partial charge in [0.1, 0.15) is 0 Å². The number of ketones is 1. The molecule has 1 fully saturated rings. The molecule has 1 aliphatic rings. The van der Waals surface area contributed by atoms with Gasteiger partial charge in [-0.1, -0.05) is 26.0 Å². The van der Waals surface area contributed by atoms with E-state index < -0.39 is 0 Å². The molecule has 98 valence electrons. The number of aryl methyl sites for hydroxylation is 2. The van der Waals surface area contributed by atoms with Gasteiger partial charge in [-0.25, -0.2) is 0 Å². The van der Waals surface area contributed by atoms with E-state index in [1.54, 1.807) is 0 Å². The summed E-state index contributed by atoms with van der Waals surface area (Å²) in [6, 6.07) is 6.31. The maximum Gasteiger partial charge on any atom is 0.168 e. The molecule has 0 spiro atoms. The van der Waals surface area contributed by atoms with E-state index in [2.05, 4.69) is 32.0 Å². The first kappa shape index (κ1) is 13.3. The maximum atomic E-state index is 12.6. The van der Waals surface area contributed by atoms with Crippen LogP contribution in [0.1, 0.15) is 48.7 Å². The van der Waals surface area contributed by atoms with Crippen LogP contribution in [0, 0.1) is 5.92 Å². The normalized spacial score (nSPS) is 23.3. The van der Waals surface area contributed by atoms with Crippen molar-refractivity contribution in [1.29, 1.82) is 0 Å². The predicted octanol–water partition coefficient (Wildman–Crippen LogP) is 3.42. The van der Waals surface area contributed by atoms with Crippen LogP contribution in [-0.2, 0) is 17.6 Å². The molecule has 1 aromatic rings. The van der Waals surface area contributed by atoms with E-state index >= 15 is 0 Å². The van der Waals surface area contributed by atoms with Gasteiger partial charge in [0, 0.05) is 12.2 Å². The molecule has 2 atom stereocenters. The van der Waals surface area contributed by atoms with Crippen LogP contribution in [0.25, 0.3) is 0 Å². The number of rotatable bonds is 4. The second kappa shape index (κ2) is 5.66. The quantitative estimate of drug-likeness (QED) is 0.761. The standard InChI is InChI=1S/C16H22O2/c1-4-12-6-7-13(5-2)15(10-12)16(17)14-8-9-18-11(14)3/h6-7,10-11,14H,4-5,8-9H2,1-3H3. The average Bonchev–Trinajstić information content (AvgIpc) is 2.83. The fraction of sp³-hybridized carbons (Fsp3) is 0.562. The number of Topliss-reactive ketones (excluding diaryl/α,β-unsaturated/α-hetero) is 1. The molecule has 0 N–H and O–H groups in total. The summed E-state index contributed by atoms with van der Waals surface area (Å²) in [5.41, 5.74) is 3.32. The minimum Gasteiger partial charge on any atom is -0.378 e. The van der Waals surface area contributed by atoms with Gasteiger partial charge in [0.05, 0.1) is 12.0 Å². The lowest BCUT2D eigenvalue weighted by molar-refractivity contribution is 0.0763. The third-order valence-electron chi connectivity index (χ3n) is 3.94. The third kappa shape index (κ3) is 2.49. The van der Waals surface area contributed by atoms with Crippen LogP contribution in [0.3, 0.4) is 0 Å². The van der Waals surface area contributed by atoms with Crippen molar-refractivity contribution < 1.29 is 9.53 Å². The summed E-state index contributed by atoms with van der Waals surface area (Å²) in [7, 11) is 0. The van der Waals surface area contributed by atoms with Crippen molar-refractivity contribution in [2.75, 3.05) is 6.61 Å². The summed E-state index contributed by atoms with van der Waals surface area (Å²) >= 11 is 0. The predicted molar refractivity (Wildman–Crippen MR) is 73.0 cm³/mol. The average molecular weight is 246 g/mol. The zero-order valence-electron chi connectivity index (χ0n) is 11.5. The molecule has 0 saturated carbocycles. The Morgan fingerprint density at radius 3 is 2.67 bits per heavy atom. The lowest BCUT2D eigenvalue weighted by Gasteiger charge is -2.16. The zero-order chi connectivity index (χ0) is 13.1. The Balaban J connectivity index is 2.33. The molecule has 0 aromatic heterocycles. The van der Waals surface area contributed by atoms with E-state index in [4.69, 9.17) is 4.74 Å². The van der Waals surface area contributed by atoms with E-state index in [0.29, 0.717) is 6.61 Å². The Kier molecular flexibility index (Phi) is 4.18. The number of hydrogen-bond donors (Lipinski definition) is 0. The molecule has 18 heavy (non-hydrogen) atoms. The first-order valence-electron chi connectivity index (χ1n) is 6.95. The highest BCUT2D eigenvalue weighted by Gasteiger charge is 2.32. The molecule has 0 amide bonds. The van der Waals surface area contributed by atoms with Gasteiger partial charge in [0.25, 0.3) is 0 Å². The smallest absolute Gasteiger partial charge is 0.168 e. The molecule has 1 heterocycles. The van der Waals surface area contributed by atoms with Crippen LogP contribution in [0.4, 0.5) is 0 Å². The van der Waals surface area contributed by atoms with Gasteiger partial charge in [-0.15, -0.1) is 0 Å². The summed E-state index contributed by atoms with van der Waals surface area (Å²) < 4.78 is 5.52. The second-order valence-electron chi connectivity index (χ2n) is 5.03. The van der Waals surface area contributed by atoms with Crippen molar-refractivity contribution in [3.8, 4) is 0 Å². The van der Waals surface area contributed by atoms with Gasteiger partial charge in [-0.3, -0.25) is 4.79 Å². The Morgan fingerprint density at radius 2 is 2.11 bits per heavy atom. The fourth-order valence-corrected chi connectivity index (χ4v) is 2.66. The first-order chi connectivity index (χ1) is 8.67. The van der Waals surface area contributed by atoms with Gasteiger partial charge in [0.15, 0.2) is 5.78 Å². The van der Waals surface area contributed by atoms with E-state index in [9.17, 15) is 4.79 Å². The van der Waals surface area contributed by atoms with Crippen molar-refractivity contribution in [2.24, 2.45) is 5.92 Å². The third-order valence-corrected chi connectivity index (χ3v) is 3.94. The van der Waals surface area contributed by atoms with Gasteiger partial charge < -0.3 is 4.74 Å².